The summed E-state index contributed by atoms with van der Waals surface area (Å²) in [6.07, 6.45) is 4.56. The summed E-state index contributed by atoms with van der Waals surface area (Å²) < 4.78 is 25.4. The third-order valence-electron chi connectivity index (χ3n) is 5.85. The van der Waals surface area contributed by atoms with Crippen molar-refractivity contribution < 1.29 is 18.7 Å². The van der Waals surface area contributed by atoms with Crippen molar-refractivity contribution in [2.24, 2.45) is 17.6 Å². The fraction of sp³-hybridized carbons (Fsp3) is 0.579. The van der Waals surface area contributed by atoms with Crippen LogP contribution in [-0.2, 0) is 14.3 Å². The van der Waals surface area contributed by atoms with Crippen LogP contribution in [0, 0.1) is 17.7 Å². The van der Waals surface area contributed by atoms with Crippen LogP contribution in [0.25, 0.3) is 11.0 Å². The number of aromatic nitrogens is 2. The molecule has 140 valence electrons. The van der Waals surface area contributed by atoms with Crippen LogP contribution in [0.15, 0.2) is 12.1 Å². The largest absolute Gasteiger partial charge is 0.469 e. The third-order valence-corrected chi connectivity index (χ3v) is 5.85. The molecule has 2 aromatic rings. The van der Waals surface area contributed by atoms with E-state index in [2.05, 4.69) is 9.97 Å². The van der Waals surface area contributed by atoms with Crippen LogP contribution < -0.4 is 5.73 Å². The topological polar surface area (TPSA) is 90.2 Å². The molecular formula is C19H24FN3O3. The molecule has 7 heteroatoms. The Balaban J connectivity index is 1.67. The van der Waals surface area contributed by atoms with E-state index in [9.17, 15) is 4.79 Å². The van der Waals surface area contributed by atoms with Gasteiger partial charge < -0.3 is 20.2 Å². The fourth-order valence-corrected chi connectivity index (χ4v) is 4.31. The first kappa shape index (κ1) is 17.4. The maximum absolute atomic E-state index is 15.2. The Kier molecular flexibility index (Phi) is 4.67. The summed E-state index contributed by atoms with van der Waals surface area (Å²) in [5.74, 6) is -0.618. The van der Waals surface area contributed by atoms with Crippen LogP contribution in [0.3, 0.4) is 0 Å². The maximum atomic E-state index is 15.2. The highest BCUT2D eigenvalue weighted by Gasteiger charge is 2.38. The number of carbonyl (C=O) groups is 1. The Morgan fingerprint density at radius 1 is 1.38 bits per heavy atom. The van der Waals surface area contributed by atoms with E-state index in [4.69, 9.17) is 15.2 Å². The minimum atomic E-state index is -0.494. The monoisotopic (exact) mass is 361 g/mol. The molecule has 2 heterocycles. The number of fused-ring (bicyclic) bond motifs is 1. The lowest BCUT2D eigenvalue weighted by molar-refractivity contribution is -0.145. The number of nitrogens with zero attached hydrogens (tertiary/aromatic N) is 1. The van der Waals surface area contributed by atoms with E-state index in [0.717, 1.165) is 12.8 Å². The standard InChI is InChI=1S/C19H24FN3O3/c1-25-19(24)13-9-26-8-12(13)11-6-7-14-17(15(11)20)23-18(22-14)16(21)10-4-2-3-5-10/h6-7,10,12-13,16H,2-5,8-9,21H2,1H3,(H,22,23)/t12?,13?,16-/m0/s1. The van der Waals surface area contributed by atoms with E-state index in [1.54, 1.807) is 12.1 Å². The Morgan fingerprint density at radius 2 is 2.15 bits per heavy atom. The van der Waals surface area contributed by atoms with Gasteiger partial charge in [0.1, 0.15) is 11.3 Å². The maximum Gasteiger partial charge on any atom is 0.311 e. The van der Waals surface area contributed by atoms with Crippen molar-refractivity contribution in [1.29, 1.82) is 0 Å². The van der Waals surface area contributed by atoms with Gasteiger partial charge in [-0.15, -0.1) is 0 Å². The van der Waals surface area contributed by atoms with Crippen LogP contribution >= 0.6 is 0 Å². The lowest BCUT2D eigenvalue weighted by Crippen LogP contribution is -2.23. The molecule has 1 aliphatic carbocycles. The summed E-state index contributed by atoms with van der Waals surface area (Å²) in [7, 11) is 1.33. The highest BCUT2D eigenvalue weighted by atomic mass is 19.1. The Bertz CT molecular complexity index is 816. The van der Waals surface area contributed by atoms with Crippen LogP contribution in [0.5, 0.6) is 0 Å². The quantitative estimate of drug-likeness (QED) is 0.817. The second-order valence-electron chi connectivity index (χ2n) is 7.33. The van der Waals surface area contributed by atoms with Gasteiger partial charge in [0.15, 0.2) is 5.82 Å². The smallest absolute Gasteiger partial charge is 0.311 e. The zero-order valence-electron chi connectivity index (χ0n) is 14.8. The molecule has 26 heavy (non-hydrogen) atoms. The first-order valence-electron chi connectivity index (χ1n) is 9.19. The van der Waals surface area contributed by atoms with Gasteiger partial charge in [0, 0.05) is 5.92 Å². The van der Waals surface area contributed by atoms with Gasteiger partial charge in [-0.3, -0.25) is 4.79 Å². The van der Waals surface area contributed by atoms with E-state index in [-0.39, 0.29) is 30.1 Å². The summed E-state index contributed by atoms with van der Waals surface area (Å²) in [4.78, 5) is 19.6. The number of ether oxygens (including phenoxy) is 2. The van der Waals surface area contributed by atoms with Gasteiger partial charge in [-0.2, -0.15) is 0 Å². The summed E-state index contributed by atoms with van der Waals surface area (Å²) in [5.41, 5.74) is 7.71. The molecule has 0 spiro atoms. The highest BCUT2D eigenvalue weighted by molar-refractivity contribution is 5.78. The van der Waals surface area contributed by atoms with Gasteiger partial charge in [-0.1, -0.05) is 18.9 Å². The SMILES string of the molecule is COC(=O)C1COCC1c1ccc2[nH]c([C@@H](N)C3CCCC3)nc2c1F. The molecule has 6 nitrogen and oxygen atoms in total. The predicted molar refractivity (Wildman–Crippen MR) is 94.0 cm³/mol. The Hall–Kier alpha value is -1.99. The van der Waals surface area contributed by atoms with E-state index < -0.39 is 11.7 Å². The highest BCUT2D eigenvalue weighted by Crippen LogP contribution is 2.37. The van der Waals surface area contributed by atoms with Crippen LogP contribution in [0.2, 0.25) is 0 Å². The molecule has 2 aliphatic rings. The Labute approximate surface area is 151 Å². The number of hydrogen-bond acceptors (Lipinski definition) is 5. The first-order chi connectivity index (χ1) is 12.6. The zero-order chi connectivity index (χ0) is 18.3. The second kappa shape index (κ2) is 6.96. The molecule has 1 aliphatic heterocycles. The minimum absolute atomic E-state index is 0.203. The number of rotatable bonds is 4. The summed E-state index contributed by atoms with van der Waals surface area (Å²) in [6, 6.07) is 3.30. The molecule has 2 unspecified atom stereocenters. The molecule has 0 bridgehead atoms. The van der Waals surface area contributed by atoms with E-state index in [1.165, 1.54) is 20.0 Å². The molecule has 3 N–H and O–H groups in total. The second-order valence-corrected chi connectivity index (χ2v) is 7.33. The summed E-state index contributed by atoms with van der Waals surface area (Å²) >= 11 is 0. The van der Waals surface area contributed by atoms with Crippen molar-refractivity contribution >= 4 is 17.0 Å². The van der Waals surface area contributed by atoms with E-state index in [0.29, 0.717) is 29.4 Å². The van der Waals surface area contributed by atoms with Crippen molar-refractivity contribution in [1.82, 2.24) is 9.97 Å². The number of H-pyrrole nitrogens is 1. The van der Waals surface area contributed by atoms with Crippen LogP contribution in [0.4, 0.5) is 4.39 Å². The minimum Gasteiger partial charge on any atom is -0.469 e. The van der Waals surface area contributed by atoms with Crippen molar-refractivity contribution in [2.75, 3.05) is 20.3 Å². The number of nitrogens with two attached hydrogens (primary N) is 1. The Morgan fingerprint density at radius 3 is 2.88 bits per heavy atom. The van der Waals surface area contributed by atoms with Gasteiger partial charge >= 0.3 is 5.97 Å². The molecular weight excluding hydrogens is 337 g/mol. The lowest BCUT2D eigenvalue weighted by Gasteiger charge is -2.16. The predicted octanol–water partition coefficient (Wildman–Crippen LogP) is 2.80. The van der Waals surface area contributed by atoms with Gasteiger partial charge in [0.05, 0.1) is 37.8 Å². The normalized spacial score (nSPS) is 25.0. The molecule has 0 amide bonds. The number of esters is 1. The summed E-state index contributed by atoms with van der Waals surface area (Å²) in [5, 5.41) is 0. The number of methoxy groups -OCH3 is 1. The average Bonchev–Trinajstić information content (AvgIpc) is 3.40. The number of hydrogen-bond donors (Lipinski definition) is 2. The van der Waals surface area contributed by atoms with Crippen LogP contribution in [-0.4, -0.2) is 36.3 Å². The molecule has 0 radical (unpaired) electrons. The molecule has 1 aromatic carbocycles. The van der Waals surface area contributed by atoms with E-state index in [1.807, 2.05) is 0 Å². The van der Waals surface area contributed by atoms with Gasteiger partial charge in [0.2, 0.25) is 0 Å². The van der Waals surface area contributed by atoms with Gasteiger partial charge in [-0.05, 0) is 30.4 Å². The number of halogens is 1. The third kappa shape index (κ3) is 2.89. The van der Waals surface area contributed by atoms with Crippen molar-refractivity contribution in [2.45, 2.75) is 37.6 Å². The van der Waals surface area contributed by atoms with Crippen LogP contribution in [0.1, 0.15) is 49.0 Å². The molecule has 1 saturated carbocycles. The number of nitrogens with one attached hydrogen (secondary N) is 1. The average molecular weight is 361 g/mol. The van der Waals surface area contributed by atoms with E-state index >= 15 is 4.39 Å². The zero-order valence-corrected chi connectivity index (χ0v) is 14.8. The lowest BCUT2D eigenvalue weighted by atomic mass is 9.88. The van der Waals surface area contributed by atoms with Crippen molar-refractivity contribution in [3.63, 3.8) is 0 Å². The number of aromatic amines is 1. The first-order valence-corrected chi connectivity index (χ1v) is 9.19. The molecule has 1 saturated heterocycles. The molecule has 4 rings (SSSR count). The molecule has 3 atom stereocenters. The summed E-state index contributed by atoms with van der Waals surface area (Å²) in [6.45, 7) is 0.536. The van der Waals surface area contributed by atoms with Crippen molar-refractivity contribution in [3.05, 3.63) is 29.3 Å². The number of carbonyl (C=O) groups excluding carboxylic acids is 1. The fourth-order valence-electron chi connectivity index (χ4n) is 4.31. The van der Waals surface area contributed by atoms with Gasteiger partial charge in [-0.25, -0.2) is 9.37 Å². The molecule has 2 fully saturated rings. The number of benzene rings is 1. The molecule has 1 aromatic heterocycles. The van der Waals surface area contributed by atoms with Crippen molar-refractivity contribution in [3.8, 4) is 0 Å². The van der Waals surface area contributed by atoms with Gasteiger partial charge in [0.25, 0.3) is 0 Å². The number of imidazole rings is 1.